The van der Waals surface area contributed by atoms with Crippen LogP contribution in [0.25, 0.3) is 0 Å². The van der Waals surface area contributed by atoms with E-state index in [9.17, 15) is 14.7 Å². The molecule has 7 atom stereocenters. The van der Waals surface area contributed by atoms with Gasteiger partial charge in [-0.1, -0.05) is 20.8 Å². The average Bonchev–Trinajstić information content (AvgIpc) is 2.96. The molecular formula is C16H23NO3. The van der Waals surface area contributed by atoms with Crippen LogP contribution in [0.15, 0.2) is 0 Å². The minimum Gasteiger partial charge on any atom is -0.393 e. The molecule has 0 spiro atoms. The maximum atomic E-state index is 12.5. The zero-order chi connectivity index (χ0) is 14.4. The molecule has 1 N–H and O–H groups in total. The number of carbonyl (C=O) groups is 2. The van der Waals surface area contributed by atoms with Crippen molar-refractivity contribution in [1.29, 1.82) is 0 Å². The number of carbonyl (C=O) groups excluding carboxylic acids is 2. The molecule has 3 aliphatic carbocycles. The molecule has 1 aliphatic heterocycles. The summed E-state index contributed by atoms with van der Waals surface area (Å²) >= 11 is 0. The first kappa shape index (κ1) is 12.8. The van der Waals surface area contributed by atoms with Gasteiger partial charge in [0.1, 0.15) is 0 Å². The molecule has 1 heterocycles. The highest BCUT2D eigenvalue weighted by Crippen LogP contribution is 2.64. The molecule has 0 aromatic rings. The summed E-state index contributed by atoms with van der Waals surface area (Å²) in [5, 5.41) is 10.1. The first-order valence-corrected chi connectivity index (χ1v) is 7.86. The van der Waals surface area contributed by atoms with Crippen LogP contribution in [0.3, 0.4) is 0 Å². The van der Waals surface area contributed by atoms with Gasteiger partial charge in [0, 0.05) is 5.41 Å². The maximum absolute atomic E-state index is 12.5. The molecule has 4 aliphatic rings. The van der Waals surface area contributed by atoms with Gasteiger partial charge in [0.25, 0.3) is 0 Å². The van der Waals surface area contributed by atoms with Crippen molar-refractivity contribution >= 4 is 11.8 Å². The molecule has 20 heavy (non-hydrogen) atoms. The van der Waals surface area contributed by atoms with Crippen LogP contribution in [0.4, 0.5) is 0 Å². The fraction of sp³-hybridized carbons (Fsp3) is 0.875. The van der Waals surface area contributed by atoms with Gasteiger partial charge in [-0.15, -0.1) is 0 Å². The molecular weight excluding hydrogens is 254 g/mol. The van der Waals surface area contributed by atoms with Gasteiger partial charge < -0.3 is 5.11 Å². The quantitative estimate of drug-likeness (QED) is 0.681. The lowest BCUT2D eigenvalue weighted by atomic mass is 9.76. The Hall–Kier alpha value is -0.900. The minimum atomic E-state index is -0.490. The van der Waals surface area contributed by atoms with Crippen LogP contribution in [0.2, 0.25) is 0 Å². The van der Waals surface area contributed by atoms with Gasteiger partial charge in [0.2, 0.25) is 11.8 Å². The van der Waals surface area contributed by atoms with Crippen LogP contribution in [-0.2, 0) is 9.59 Å². The van der Waals surface area contributed by atoms with Crippen molar-refractivity contribution in [2.24, 2.45) is 35.0 Å². The van der Waals surface area contributed by atoms with Crippen molar-refractivity contribution in [3.8, 4) is 0 Å². The topological polar surface area (TPSA) is 57.6 Å². The number of nitrogens with zero attached hydrogens (tertiary/aromatic N) is 1. The average molecular weight is 277 g/mol. The van der Waals surface area contributed by atoms with E-state index < -0.39 is 5.41 Å². The standard InChI is InChI=1S/C16H23NO3/c1-16(2,3)15(20)17-13-10(14(17)19)6-9-8-4-7(12(9)13)5-11(8)18/h7-13,18H,4-6H2,1-3H3. The van der Waals surface area contributed by atoms with Crippen molar-refractivity contribution in [2.45, 2.75) is 52.2 Å². The second-order valence-electron chi connectivity index (χ2n) is 8.30. The third-order valence-electron chi connectivity index (χ3n) is 6.25. The molecule has 0 radical (unpaired) electrons. The molecule has 7 unspecified atom stereocenters. The number of β-lactam (4-membered cyclic amide) rings is 1. The second-order valence-corrected chi connectivity index (χ2v) is 8.30. The molecule has 4 rings (SSSR count). The van der Waals surface area contributed by atoms with Crippen LogP contribution < -0.4 is 0 Å². The number of fused-ring (bicyclic) bond motifs is 7. The predicted molar refractivity (Wildman–Crippen MR) is 72.4 cm³/mol. The molecule has 1 saturated heterocycles. The number of aliphatic hydroxyl groups is 1. The minimum absolute atomic E-state index is 0.0206. The molecule has 0 aromatic heterocycles. The Morgan fingerprint density at radius 1 is 1.20 bits per heavy atom. The van der Waals surface area contributed by atoms with Gasteiger partial charge >= 0.3 is 0 Å². The summed E-state index contributed by atoms with van der Waals surface area (Å²) in [6.45, 7) is 5.65. The number of imide groups is 1. The normalized spacial score (nSPS) is 49.1. The van der Waals surface area contributed by atoms with Crippen molar-refractivity contribution in [2.75, 3.05) is 0 Å². The molecule has 2 amide bonds. The zero-order valence-corrected chi connectivity index (χ0v) is 12.4. The summed E-state index contributed by atoms with van der Waals surface area (Å²) < 4.78 is 0. The third-order valence-corrected chi connectivity index (χ3v) is 6.25. The number of amides is 2. The Balaban J connectivity index is 1.63. The summed E-state index contributed by atoms with van der Waals surface area (Å²) in [5.74, 6) is 1.93. The van der Waals surface area contributed by atoms with Gasteiger partial charge in [-0.3, -0.25) is 14.5 Å². The fourth-order valence-corrected chi connectivity index (χ4v) is 5.50. The van der Waals surface area contributed by atoms with Crippen LogP contribution in [0, 0.1) is 35.0 Å². The van der Waals surface area contributed by atoms with Gasteiger partial charge in [-0.05, 0) is 42.9 Å². The highest BCUT2D eigenvalue weighted by Gasteiger charge is 2.68. The third kappa shape index (κ3) is 1.36. The van der Waals surface area contributed by atoms with E-state index in [-0.39, 0.29) is 29.9 Å². The first-order valence-electron chi connectivity index (χ1n) is 7.86. The van der Waals surface area contributed by atoms with E-state index in [2.05, 4.69) is 0 Å². The van der Waals surface area contributed by atoms with E-state index in [0.29, 0.717) is 23.7 Å². The van der Waals surface area contributed by atoms with E-state index in [1.807, 2.05) is 20.8 Å². The lowest BCUT2D eigenvalue weighted by molar-refractivity contribution is -0.171. The molecule has 3 saturated carbocycles. The summed E-state index contributed by atoms with van der Waals surface area (Å²) in [7, 11) is 0. The van der Waals surface area contributed by atoms with E-state index in [4.69, 9.17) is 0 Å². The van der Waals surface area contributed by atoms with Crippen molar-refractivity contribution < 1.29 is 14.7 Å². The van der Waals surface area contributed by atoms with Crippen molar-refractivity contribution in [3.63, 3.8) is 0 Å². The Kier molecular flexibility index (Phi) is 2.34. The number of hydrogen-bond acceptors (Lipinski definition) is 3. The van der Waals surface area contributed by atoms with E-state index in [1.54, 1.807) is 4.90 Å². The van der Waals surface area contributed by atoms with Gasteiger partial charge in [0.15, 0.2) is 0 Å². The van der Waals surface area contributed by atoms with Crippen molar-refractivity contribution in [3.05, 3.63) is 0 Å². The largest absolute Gasteiger partial charge is 0.393 e. The Bertz CT molecular complexity index is 494. The zero-order valence-electron chi connectivity index (χ0n) is 12.4. The second kappa shape index (κ2) is 3.65. The number of likely N-dealkylation sites (tertiary alicyclic amines) is 1. The summed E-state index contributed by atoms with van der Waals surface area (Å²) in [6.07, 6.45) is 2.72. The van der Waals surface area contributed by atoms with E-state index >= 15 is 0 Å². The Morgan fingerprint density at radius 2 is 1.90 bits per heavy atom. The van der Waals surface area contributed by atoms with Gasteiger partial charge in [-0.25, -0.2) is 0 Å². The summed E-state index contributed by atoms with van der Waals surface area (Å²) in [6, 6.07) is 0.140. The van der Waals surface area contributed by atoms with Crippen LogP contribution in [0.5, 0.6) is 0 Å². The molecule has 2 bridgehead atoms. The lowest BCUT2D eigenvalue weighted by Crippen LogP contribution is -2.65. The number of hydrogen-bond donors (Lipinski definition) is 1. The highest BCUT2D eigenvalue weighted by atomic mass is 16.3. The number of rotatable bonds is 0. The van der Waals surface area contributed by atoms with Crippen LogP contribution in [-0.4, -0.2) is 34.0 Å². The maximum Gasteiger partial charge on any atom is 0.234 e. The Labute approximate surface area is 119 Å². The molecule has 0 aromatic carbocycles. The molecule has 4 fully saturated rings. The van der Waals surface area contributed by atoms with Crippen LogP contribution >= 0.6 is 0 Å². The smallest absolute Gasteiger partial charge is 0.234 e. The fourth-order valence-electron chi connectivity index (χ4n) is 5.50. The number of aliphatic hydroxyl groups excluding tert-OH is 1. The van der Waals surface area contributed by atoms with Crippen molar-refractivity contribution in [1.82, 2.24) is 4.90 Å². The lowest BCUT2D eigenvalue weighted by Gasteiger charge is -2.48. The van der Waals surface area contributed by atoms with Gasteiger partial charge in [0.05, 0.1) is 18.1 Å². The first-order chi connectivity index (χ1) is 9.30. The predicted octanol–water partition coefficient (Wildman–Crippen LogP) is 1.42. The summed E-state index contributed by atoms with van der Waals surface area (Å²) in [5.41, 5.74) is -0.490. The Morgan fingerprint density at radius 3 is 2.55 bits per heavy atom. The van der Waals surface area contributed by atoms with Crippen LogP contribution in [0.1, 0.15) is 40.0 Å². The molecule has 4 nitrogen and oxygen atoms in total. The SMILES string of the molecule is CC(C)(C)C(=O)N1C(=O)C2CC3C4CC(CC4O)C3C21. The highest BCUT2D eigenvalue weighted by molar-refractivity contribution is 6.04. The summed E-state index contributed by atoms with van der Waals surface area (Å²) in [4.78, 5) is 26.4. The van der Waals surface area contributed by atoms with E-state index in [1.165, 1.54) is 0 Å². The monoisotopic (exact) mass is 277 g/mol. The molecule has 4 heteroatoms. The molecule has 110 valence electrons. The van der Waals surface area contributed by atoms with Gasteiger partial charge in [-0.2, -0.15) is 0 Å². The van der Waals surface area contributed by atoms with E-state index in [0.717, 1.165) is 19.3 Å².